The second kappa shape index (κ2) is 7.61. The van der Waals surface area contributed by atoms with Crippen molar-refractivity contribution in [3.05, 3.63) is 45.7 Å². The predicted molar refractivity (Wildman–Crippen MR) is 88.7 cm³/mol. The standard InChI is InChI=1S/C16H22BrN3O/c1-4-13-16(17)14(20(2)19-13)11-18-10-9-12-7-5-6-8-15(12)21-3/h5-8,18H,4,9-11H2,1-3H3. The summed E-state index contributed by atoms with van der Waals surface area (Å²) in [5, 5.41) is 7.98. The molecule has 0 saturated heterocycles. The largest absolute Gasteiger partial charge is 0.496 e. The number of benzene rings is 1. The van der Waals surface area contributed by atoms with Gasteiger partial charge in [-0.25, -0.2) is 0 Å². The third-order valence-corrected chi connectivity index (χ3v) is 4.47. The first-order valence-electron chi connectivity index (χ1n) is 7.20. The minimum atomic E-state index is 0.805. The van der Waals surface area contributed by atoms with Gasteiger partial charge in [-0.1, -0.05) is 25.1 Å². The van der Waals surface area contributed by atoms with Gasteiger partial charge < -0.3 is 10.1 Å². The first-order valence-corrected chi connectivity index (χ1v) is 7.99. The smallest absolute Gasteiger partial charge is 0.122 e. The highest BCUT2D eigenvalue weighted by atomic mass is 79.9. The van der Waals surface area contributed by atoms with Crippen LogP contribution in [0.1, 0.15) is 23.9 Å². The van der Waals surface area contributed by atoms with Gasteiger partial charge in [0.1, 0.15) is 5.75 Å². The average molecular weight is 352 g/mol. The Morgan fingerprint density at radius 1 is 1.33 bits per heavy atom. The molecule has 4 nitrogen and oxygen atoms in total. The number of aryl methyl sites for hydroxylation is 2. The average Bonchev–Trinajstić information content (AvgIpc) is 2.78. The Morgan fingerprint density at radius 2 is 2.10 bits per heavy atom. The van der Waals surface area contributed by atoms with Gasteiger partial charge in [-0.3, -0.25) is 4.68 Å². The van der Waals surface area contributed by atoms with Crippen molar-refractivity contribution in [1.82, 2.24) is 15.1 Å². The zero-order chi connectivity index (χ0) is 15.2. The van der Waals surface area contributed by atoms with Crippen molar-refractivity contribution in [3.8, 4) is 5.75 Å². The van der Waals surface area contributed by atoms with E-state index in [1.165, 1.54) is 11.3 Å². The van der Waals surface area contributed by atoms with Gasteiger partial charge in [0.15, 0.2) is 0 Å². The van der Waals surface area contributed by atoms with Crippen LogP contribution in [0.2, 0.25) is 0 Å². The lowest BCUT2D eigenvalue weighted by molar-refractivity contribution is 0.409. The minimum Gasteiger partial charge on any atom is -0.496 e. The van der Waals surface area contributed by atoms with E-state index in [0.29, 0.717) is 0 Å². The molecule has 1 heterocycles. The topological polar surface area (TPSA) is 39.1 Å². The van der Waals surface area contributed by atoms with E-state index in [1.807, 2.05) is 29.9 Å². The molecule has 0 aliphatic heterocycles. The molecule has 1 aromatic heterocycles. The van der Waals surface area contributed by atoms with E-state index < -0.39 is 0 Å². The quantitative estimate of drug-likeness (QED) is 0.779. The van der Waals surface area contributed by atoms with Crippen LogP contribution in [-0.4, -0.2) is 23.4 Å². The van der Waals surface area contributed by atoms with Crippen LogP contribution >= 0.6 is 15.9 Å². The SMILES string of the molecule is CCc1nn(C)c(CNCCc2ccccc2OC)c1Br. The molecule has 0 fully saturated rings. The maximum atomic E-state index is 5.37. The molecule has 0 amide bonds. The number of rotatable bonds is 7. The van der Waals surface area contributed by atoms with E-state index >= 15 is 0 Å². The maximum absolute atomic E-state index is 5.37. The van der Waals surface area contributed by atoms with E-state index in [1.54, 1.807) is 7.11 Å². The summed E-state index contributed by atoms with van der Waals surface area (Å²) in [6.45, 7) is 3.82. The molecule has 2 aromatic rings. The molecule has 114 valence electrons. The highest BCUT2D eigenvalue weighted by Crippen LogP contribution is 2.21. The van der Waals surface area contributed by atoms with Crippen LogP contribution in [0.15, 0.2) is 28.7 Å². The van der Waals surface area contributed by atoms with Crippen molar-refractivity contribution >= 4 is 15.9 Å². The normalized spacial score (nSPS) is 10.9. The Morgan fingerprint density at radius 3 is 2.76 bits per heavy atom. The lowest BCUT2D eigenvalue weighted by atomic mass is 10.1. The Kier molecular flexibility index (Phi) is 5.82. The minimum absolute atomic E-state index is 0.805. The number of nitrogens with zero attached hydrogens (tertiary/aromatic N) is 2. The summed E-state index contributed by atoms with van der Waals surface area (Å²) in [6, 6.07) is 8.15. The molecule has 0 radical (unpaired) electrons. The molecule has 0 bridgehead atoms. The van der Waals surface area contributed by atoms with Crippen molar-refractivity contribution in [1.29, 1.82) is 0 Å². The van der Waals surface area contributed by atoms with Gasteiger partial charge in [-0.15, -0.1) is 0 Å². The number of ether oxygens (including phenoxy) is 1. The Balaban J connectivity index is 1.89. The molecule has 5 heteroatoms. The lowest BCUT2D eigenvalue weighted by Crippen LogP contribution is -2.19. The number of para-hydroxylation sites is 1. The number of hydrogen-bond acceptors (Lipinski definition) is 3. The highest BCUT2D eigenvalue weighted by molar-refractivity contribution is 9.10. The summed E-state index contributed by atoms with van der Waals surface area (Å²) in [5.74, 6) is 0.953. The highest BCUT2D eigenvalue weighted by Gasteiger charge is 2.11. The van der Waals surface area contributed by atoms with Crippen molar-refractivity contribution in [3.63, 3.8) is 0 Å². The molecule has 0 aliphatic carbocycles. The van der Waals surface area contributed by atoms with Crippen molar-refractivity contribution < 1.29 is 4.74 Å². The lowest BCUT2D eigenvalue weighted by Gasteiger charge is -2.09. The second-order valence-electron chi connectivity index (χ2n) is 4.92. The number of aromatic nitrogens is 2. The molecule has 1 aromatic carbocycles. The summed E-state index contributed by atoms with van der Waals surface area (Å²) >= 11 is 3.64. The van der Waals surface area contributed by atoms with Gasteiger partial charge in [0.25, 0.3) is 0 Å². The van der Waals surface area contributed by atoms with Crippen LogP contribution in [0.3, 0.4) is 0 Å². The Bertz CT molecular complexity index is 595. The van der Waals surface area contributed by atoms with Crippen molar-refractivity contribution in [2.75, 3.05) is 13.7 Å². The number of nitrogens with one attached hydrogen (secondary N) is 1. The summed E-state index contributed by atoms with van der Waals surface area (Å²) in [4.78, 5) is 0. The Hall–Kier alpha value is -1.33. The molecule has 0 unspecified atom stereocenters. The molecule has 1 N–H and O–H groups in total. The van der Waals surface area contributed by atoms with Crippen LogP contribution < -0.4 is 10.1 Å². The van der Waals surface area contributed by atoms with Crippen molar-refractivity contribution in [2.45, 2.75) is 26.3 Å². The van der Waals surface area contributed by atoms with Gasteiger partial charge in [0.05, 0.1) is 23.0 Å². The maximum Gasteiger partial charge on any atom is 0.122 e. The first kappa shape index (κ1) is 16.0. The van der Waals surface area contributed by atoms with Crippen LogP contribution in [0.4, 0.5) is 0 Å². The summed E-state index contributed by atoms with van der Waals surface area (Å²) in [6.07, 6.45) is 1.88. The summed E-state index contributed by atoms with van der Waals surface area (Å²) in [5.41, 5.74) is 3.52. The van der Waals surface area contributed by atoms with Crippen LogP contribution in [-0.2, 0) is 26.4 Å². The fourth-order valence-corrected chi connectivity index (χ4v) is 3.11. The van der Waals surface area contributed by atoms with E-state index in [2.05, 4.69) is 39.3 Å². The van der Waals surface area contributed by atoms with Gasteiger partial charge in [0, 0.05) is 13.6 Å². The van der Waals surface area contributed by atoms with Gasteiger partial charge >= 0.3 is 0 Å². The molecule has 0 saturated carbocycles. The molecule has 0 atom stereocenters. The van der Waals surface area contributed by atoms with Crippen LogP contribution in [0.5, 0.6) is 5.75 Å². The fraction of sp³-hybridized carbons (Fsp3) is 0.438. The predicted octanol–water partition coefficient (Wildman–Crippen LogP) is 3.09. The van der Waals surface area contributed by atoms with Gasteiger partial charge in [-0.05, 0) is 46.9 Å². The first-order chi connectivity index (χ1) is 10.2. The monoisotopic (exact) mass is 351 g/mol. The number of hydrogen-bond donors (Lipinski definition) is 1. The zero-order valence-corrected chi connectivity index (χ0v) is 14.4. The van der Waals surface area contributed by atoms with Crippen LogP contribution in [0, 0.1) is 0 Å². The molecule has 21 heavy (non-hydrogen) atoms. The summed E-state index contributed by atoms with van der Waals surface area (Å²) < 4.78 is 8.43. The molecular formula is C16H22BrN3O. The van der Waals surface area contributed by atoms with Gasteiger partial charge in [-0.2, -0.15) is 5.10 Å². The molecule has 0 spiro atoms. The van der Waals surface area contributed by atoms with E-state index in [-0.39, 0.29) is 0 Å². The Labute approximate surface area is 134 Å². The van der Waals surface area contributed by atoms with E-state index in [4.69, 9.17) is 4.74 Å². The van der Waals surface area contributed by atoms with E-state index in [0.717, 1.165) is 41.8 Å². The molecule has 2 rings (SSSR count). The van der Waals surface area contributed by atoms with Gasteiger partial charge in [0.2, 0.25) is 0 Å². The molecule has 0 aliphatic rings. The number of methoxy groups -OCH3 is 1. The van der Waals surface area contributed by atoms with Crippen LogP contribution in [0.25, 0.3) is 0 Å². The fourth-order valence-electron chi connectivity index (χ4n) is 2.35. The second-order valence-corrected chi connectivity index (χ2v) is 5.72. The molecular weight excluding hydrogens is 330 g/mol. The summed E-state index contributed by atoms with van der Waals surface area (Å²) in [7, 11) is 3.70. The third kappa shape index (κ3) is 3.86. The number of halogens is 1. The van der Waals surface area contributed by atoms with Crippen molar-refractivity contribution in [2.24, 2.45) is 7.05 Å². The third-order valence-electron chi connectivity index (χ3n) is 3.56. The van der Waals surface area contributed by atoms with E-state index in [9.17, 15) is 0 Å². The zero-order valence-electron chi connectivity index (χ0n) is 12.8.